The first-order valence-electron chi connectivity index (χ1n) is 4.68. The van der Waals surface area contributed by atoms with Gasteiger partial charge in [-0.2, -0.15) is 0 Å². The lowest BCUT2D eigenvalue weighted by atomic mass is 10.2. The van der Waals surface area contributed by atoms with Crippen LogP contribution in [0, 0.1) is 5.92 Å². The van der Waals surface area contributed by atoms with Crippen LogP contribution in [-0.2, 0) is 0 Å². The molecule has 0 saturated heterocycles. The van der Waals surface area contributed by atoms with Crippen molar-refractivity contribution in [2.75, 3.05) is 5.32 Å². The highest BCUT2D eigenvalue weighted by atomic mass is 14.9. The van der Waals surface area contributed by atoms with E-state index >= 15 is 0 Å². The normalized spacial score (nSPS) is 18.8. The van der Waals surface area contributed by atoms with Gasteiger partial charge in [-0.3, -0.25) is 0 Å². The summed E-state index contributed by atoms with van der Waals surface area (Å²) in [7, 11) is 0. The van der Waals surface area contributed by atoms with Crippen LogP contribution in [0.4, 0.5) is 5.69 Å². The van der Waals surface area contributed by atoms with Crippen LogP contribution in [0.25, 0.3) is 0 Å². The summed E-state index contributed by atoms with van der Waals surface area (Å²) in [6.07, 6.45) is 2.81. The van der Waals surface area contributed by atoms with Crippen LogP contribution in [-0.4, -0.2) is 6.04 Å². The molecule has 0 amide bonds. The molecule has 1 fully saturated rings. The molecular formula is C11H15N. The van der Waals surface area contributed by atoms with Crippen molar-refractivity contribution in [2.24, 2.45) is 5.92 Å². The fraction of sp³-hybridized carbons (Fsp3) is 0.455. The van der Waals surface area contributed by atoms with E-state index in [4.69, 9.17) is 0 Å². The van der Waals surface area contributed by atoms with Gasteiger partial charge in [0.25, 0.3) is 0 Å². The quantitative estimate of drug-likeness (QED) is 0.718. The summed E-state index contributed by atoms with van der Waals surface area (Å²) in [5.74, 6) is 0.921. The van der Waals surface area contributed by atoms with E-state index < -0.39 is 0 Å². The largest absolute Gasteiger partial charge is 0.382 e. The Hall–Kier alpha value is -0.980. The maximum Gasteiger partial charge on any atom is 0.0342 e. The highest BCUT2D eigenvalue weighted by molar-refractivity contribution is 5.43. The van der Waals surface area contributed by atoms with Gasteiger partial charge in [-0.1, -0.05) is 18.2 Å². The van der Waals surface area contributed by atoms with Gasteiger partial charge in [0.15, 0.2) is 0 Å². The summed E-state index contributed by atoms with van der Waals surface area (Å²) in [5.41, 5.74) is 1.25. The van der Waals surface area contributed by atoms with Crippen molar-refractivity contribution in [2.45, 2.75) is 25.8 Å². The molecule has 1 saturated carbocycles. The zero-order valence-corrected chi connectivity index (χ0v) is 7.46. The summed E-state index contributed by atoms with van der Waals surface area (Å²) in [5, 5.41) is 3.50. The van der Waals surface area contributed by atoms with Crippen molar-refractivity contribution >= 4 is 5.69 Å². The van der Waals surface area contributed by atoms with Gasteiger partial charge in [0, 0.05) is 11.7 Å². The second kappa shape index (κ2) is 3.18. The lowest BCUT2D eigenvalue weighted by Gasteiger charge is -2.13. The molecule has 1 aromatic carbocycles. The molecule has 1 heteroatoms. The van der Waals surface area contributed by atoms with Crippen LogP contribution in [0.3, 0.4) is 0 Å². The van der Waals surface area contributed by atoms with Crippen LogP contribution in [0.5, 0.6) is 0 Å². The average molecular weight is 161 g/mol. The third-order valence-corrected chi connectivity index (χ3v) is 2.50. The summed E-state index contributed by atoms with van der Waals surface area (Å²) < 4.78 is 0. The van der Waals surface area contributed by atoms with E-state index in [1.165, 1.54) is 18.5 Å². The fourth-order valence-corrected chi connectivity index (χ4v) is 1.51. The predicted octanol–water partition coefficient (Wildman–Crippen LogP) is 2.90. The maximum atomic E-state index is 3.50. The Labute approximate surface area is 73.8 Å². The Morgan fingerprint density at radius 1 is 1.25 bits per heavy atom. The van der Waals surface area contributed by atoms with Gasteiger partial charge in [0.2, 0.25) is 0 Å². The zero-order valence-electron chi connectivity index (χ0n) is 7.46. The molecular weight excluding hydrogens is 146 g/mol. The monoisotopic (exact) mass is 161 g/mol. The van der Waals surface area contributed by atoms with Crippen molar-refractivity contribution in [3.8, 4) is 0 Å². The third kappa shape index (κ3) is 1.79. The smallest absolute Gasteiger partial charge is 0.0342 e. The molecule has 12 heavy (non-hydrogen) atoms. The van der Waals surface area contributed by atoms with Gasteiger partial charge < -0.3 is 5.32 Å². The number of para-hydroxylation sites is 1. The van der Waals surface area contributed by atoms with Crippen LogP contribution < -0.4 is 5.32 Å². The fourth-order valence-electron chi connectivity index (χ4n) is 1.51. The standard InChI is InChI=1S/C11H15N/c1-9(10-7-8-10)12-11-5-3-2-4-6-11/h2-6,9-10,12H,7-8H2,1H3/t9-/m0/s1. The van der Waals surface area contributed by atoms with E-state index in [2.05, 4.69) is 36.5 Å². The van der Waals surface area contributed by atoms with E-state index in [1.807, 2.05) is 6.07 Å². The molecule has 1 aromatic rings. The molecule has 0 unspecified atom stereocenters. The van der Waals surface area contributed by atoms with Crippen molar-refractivity contribution in [3.05, 3.63) is 30.3 Å². The van der Waals surface area contributed by atoms with Gasteiger partial charge in [-0.05, 0) is 37.8 Å². The Kier molecular flexibility index (Phi) is 2.03. The third-order valence-electron chi connectivity index (χ3n) is 2.50. The van der Waals surface area contributed by atoms with Gasteiger partial charge in [-0.15, -0.1) is 0 Å². The molecule has 2 rings (SSSR count). The van der Waals surface area contributed by atoms with E-state index in [0.717, 1.165) is 5.92 Å². The first kappa shape index (κ1) is 7.66. The number of rotatable bonds is 3. The minimum absolute atomic E-state index is 0.646. The Morgan fingerprint density at radius 2 is 1.92 bits per heavy atom. The van der Waals surface area contributed by atoms with Crippen molar-refractivity contribution in [1.82, 2.24) is 0 Å². The maximum absolute atomic E-state index is 3.50. The van der Waals surface area contributed by atoms with Gasteiger partial charge in [-0.25, -0.2) is 0 Å². The summed E-state index contributed by atoms with van der Waals surface area (Å²) >= 11 is 0. The molecule has 0 aliphatic heterocycles. The zero-order chi connectivity index (χ0) is 8.39. The van der Waals surface area contributed by atoms with E-state index in [1.54, 1.807) is 0 Å². The second-order valence-corrected chi connectivity index (χ2v) is 3.64. The first-order chi connectivity index (χ1) is 5.86. The SMILES string of the molecule is C[C@H](Nc1ccccc1)C1CC1. The number of anilines is 1. The lowest BCUT2D eigenvalue weighted by molar-refractivity contribution is 0.694. The number of hydrogen-bond acceptors (Lipinski definition) is 1. The topological polar surface area (TPSA) is 12.0 Å². The molecule has 1 atom stereocenters. The summed E-state index contributed by atoms with van der Waals surface area (Å²) in [4.78, 5) is 0. The first-order valence-corrected chi connectivity index (χ1v) is 4.68. The van der Waals surface area contributed by atoms with E-state index in [9.17, 15) is 0 Å². The molecule has 1 aliphatic rings. The summed E-state index contributed by atoms with van der Waals surface area (Å²) in [6, 6.07) is 11.1. The van der Waals surface area contributed by atoms with E-state index in [-0.39, 0.29) is 0 Å². The van der Waals surface area contributed by atoms with Crippen LogP contribution in [0.2, 0.25) is 0 Å². The highest BCUT2D eigenvalue weighted by Gasteiger charge is 2.27. The predicted molar refractivity (Wildman–Crippen MR) is 52.3 cm³/mol. The molecule has 0 bridgehead atoms. The number of nitrogens with one attached hydrogen (secondary N) is 1. The number of benzene rings is 1. The molecule has 0 radical (unpaired) electrons. The van der Waals surface area contributed by atoms with Gasteiger partial charge in [0.1, 0.15) is 0 Å². The molecule has 0 spiro atoms. The second-order valence-electron chi connectivity index (χ2n) is 3.64. The lowest BCUT2D eigenvalue weighted by Crippen LogP contribution is -2.16. The number of hydrogen-bond donors (Lipinski definition) is 1. The minimum Gasteiger partial charge on any atom is -0.382 e. The van der Waals surface area contributed by atoms with Crippen LogP contribution in [0.15, 0.2) is 30.3 Å². The molecule has 0 aromatic heterocycles. The van der Waals surface area contributed by atoms with Gasteiger partial charge in [0.05, 0.1) is 0 Å². The molecule has 1 aliphatic carbocycles. The van der Waals surface area contributed by atoms with Crippen molar-refractivity contribution < 1.29 is 0 Å². The molecule has 1 nitrogen and oxygen atoms in total. The Morgan fingerprint density at radius 3 is 2.50 bits per heavy atom. The molecule has 1 N–H and O–H groups in total. The van der Waals surface area contributed by atoms with Crippen LogP contribution >= 0.6 is 0 Å². The Balaban J connectivity index is 1.94. The molecule has 0 heterocycles. The summed E-state index contributed by atoms with van der Waals surface area (Å²) in [6.45, 7) is 2.27. The average Bonchev–Trinajstić information content (AvgIpc) is 2.88. The van der Waals surface area contributed by atoms with Crippen molar-refractivity contribution in [1.29, 1.82) is 0 Å². The Bertz CT molecular complexity index is 238. The van der Waals surface area contributed by atoms with Crippen molar-refractivity contribution in [3.63, 3.8) is 0 Å². The molecule has 64 valence electrons. The van der Waals surface area contributed by atoms with E-state index in [0.29, 0.717) is 6.04 Å². The van der Waals surface area contributed by atoms with Crippen LogP contribution in [0.1, 0.15) is 19.8 Å². The minimum atomic E-state index is 0.646. The van der Waals surface area contributed by atoms with Gasteiger partial charge >= 0.3 is 0 Å². The highest BCUT2D eigenvalue weighted by Crippen LogP contribution is 2.33.